The Labute approximate surface area is 78.2 Å². The fraction of sp³-hybridized carbons (Fsp3) is 0.600. The van der Waals surface area contributed by atoms with Gasteiger partial charge in [0.2, 0.25) is 0 Å². The van der Waals surface area contributed by atoms with Crippen LogP contribution in [0, 0.1) is 0 Å². The van der Waals surface area contributed by atoms with Gasteiger partial charge in [-0.15, -0.1) is 0 Å². The largest absolute Gasteiger partial charge is 0.512 e. The first kappa shape index (κ1) is 9.96. The Hall–Kier alpha value is -1.12. The van der Waals surface area contributed by atoms with E-state index in [9.17, 15) is 9.90 Å². The van der Waals surface area contributed by atoms with E-state index in [1.165, 1.54) is 13.8 Å². The third-order valence-electron chi connectivity index (χ3n) is 2.13. The third-order valence-corrected chi connectivity index (χ3v) is 2.13. The van der Waals surface area contributed by atoms with Crippen molar-refractivity contribution < 1.29 is 9.90 Å². The maximum Gasteiger partial charge on any atom is 0.164 e. The Morgan fingerprint density at radius 3 is 2.46 bits per heavy atom. The highest BCUT2D eigenvalue weighted by Gasteiger charge is 2.16. The van der Waals surface area contributed by atoms with Gasteiger partial charge < -0.3 is 5.11 Å². The summed E-state index contributed by atoms with van der Waals surface area (Å²) in [4.78, 5) is 15.4. The number of ketones is 1. The number of rotatable bonds is 2. The number of nitrogens with zero attached hydrogens (tertiary/aromatic N) is 1. The number of carbonyl (C=O) groups is 1. The summed E-state index contributed by atoms with van der Waals surface area (Å²) >= 11 is 0. The molecule has 3 heteroatoms. The molecule has 0 fully saturated rings. The number of aliphatic imine (C=N–C) groups is 1. The topological polar surface area (TPSA) is 49.7 Å². The summed E-state index contributed by atoms with van der Waals surface area (Å²) < 4.78 is 0. The van der Waals surface area contributed by atoms with Crippen LogP contribution in [0.1, 0.15) is 33.1 Å². The summed E-state index contributed by atoms with van der Waals surface area (Å²) in [6.07, 6.45) is 2.95. The molecule has 3 nitrogen and oxygen atoms in total. The molecule has 1 N–H and O–H groups in total. The van der Waals surface area contributed by atoms with Crippen molar-refractivity contribution in [3.8, 4) is 0 Å². The van der Waals surface area contributed by atoms with E-state index in [-0.39, 0.29) is 11.5 Å². The molecule has 0 radical (unpaired) electrons. The summed E-state index contributed by atoms with van der Waals surface area (Å²) in [6, 6.07) is 0. The van der Waals surface area contributed by atoms with Crippen LogP contribution < -0.4 is 0 Å². The van der Waals surface area contributed by atoms with Crippen LogP contribution in [-0.2, 0) is 4.79 Å². The lowest BCUT2D eigenvalue weighted by molar-refractivity contribution is -0.113. The zero-order valence-electron chi connectivity index (χ0n) is 8.13. The van der Waals surface area contributed by atoms with Gasteiger partial charge in [-0.05, 0) is 33.1 Å². The van der Waals surface area contributed by atoms with E-state index in [1.807, 2.05) is 0 Å². The summed E-state index contributed by atoms with van der Waals surface area (Å²) in [6.45, 7) is 3.78. The van der Waals surface area contributed by atoms with Gasteiger partial charge in [0.25, 0.3) is 0 Å². The zero-order valence-corrected chi connectivity index (χ0v) is 8.13. The monoisotopic (exact) mass is 181 g/mol. The van der Waals surface area contributed by atoms with Crippen molar-refractivity contribution in [1.82, 2.24) is 0 Å². The van der Waals surface area contributed by atoms with Gasteiger partial charge >= 0.3 is 0 Å². The van der Waals surface area contributed by atoms with Crippen molar-refractivity contribution in [3.05, 3.63) is 11.3 Å². The van der Waals surface area contributed by atoms with E-state index in [1.54, 1.807) is 0 Å². The van der Waals surface area contributed by atoms with Crippen molar-refractivity contribution in [2.75, 3.05) is 6.54 Å². The Kier molecular flexibility index (Phi) is 3.23. The lowest BCUT2D eigenvalue weighted by atomic mass is 9.98. The molecular weight excluding hydrogens is 166 g/mol. The van der Waals surface area contributed by atoms with Crippen LogP contribution in [0.4, 0.5) is 0 Å². The van der Waals surface area contributed by atoms with Crippen LogP contribution in [0.3, 0.4) is 0 Å². The number of Topliss-reactive ketones (excluding diaryl/α,β-unsaturated/α-hetero) is 1. The predicted octanol–water partition coefficient (Wildman–Crippen LogP) is 2.03. The van der Waals surface area contributed by atoms with Crippen LogP contribution in [0.2, 0.25) is 0 Å². The smallest absolute Gasteiger partial charge is 0.164 e. The highest BCUT2D eigenvalue weighted by molar-refractivity contribution is 6.22. The molecule has 0 aliphatic carbocycles. The van der Waals surface area contributed by atoms with E-state index in [0.717, 1.165) is 31.5 Å². The third kappa shape index (κ3) is 2.41. The first-order valence-corrected chi connectivity index (χ1v) is 4.57. The molecule has 0 unspecified atom stereocenters. The van der Waals surface area contributed by atoms with Crippen LogP contribution in [0.25, 0.3) is 0 Å². The zero-order chi connectivity index (χ0) is 9.84. The summed E-state index contributed by atoms with van der Waals surface area (Å²) in [5.41, 5.74) is 1.19. The average molecular weight is 181 g/mol. The highest BCUT2D eigenvalue weighted by Crippen LogP contribution is 2.15. The van der Waals surface area contributed by atoms with Crippen molar-refractivity contribution in [3.63, 3.8) is 0 Å². The van der Waals surface area contributed by atoms with Gasteiger partial charge in [-0.2, -0.15) is 0 Å². The second kappa shape index (κ2) is 4.21. The van der Waals surface area contributed by atoms with Crippen LogP contribution in [-0.4, -0.2) is 23.1 Å². The molecule has 72 valence electrons. The van der Waals surface area contributed by atoms with E-state index >= 15 is 0 Å². The Bertz CT molecular complexity index is 273. The first-order chi connectivity index (χ1) is 6.13. The van der Waals surface area contributed by atoms with Gasteiger partial charge in [0.05, 0.1) is 5.57 Å². The number of hydrogen-bond acceptors (Lipinski definition) is 3. The summed E-state index contributed by atoms with van der Waals surface area (Å²) in [5.74, 6) is -0.00574. The van der Waals surface area contributed by atoms with Crippen molar-refractivity contribution in [2.45, 2.75) is 33.1 Å². The quantitative estimate of drug-likeness (QED) is 0.523. The number of carbonyl (C=O) groups excluding carboxylic acids is 1. The average Bonchev–Trinajstić information content (AvgIpc) is 2.04. The van der Waals surface area contributed by atoms with Crippen molar-refractivity contribution in [2.24, 2.45) is 4.99 Å². The van der Waals surface area contributed by atoms with Gasteiger partial charge in [0.15, 0.2) is 5.78 Å². The minimum Gasteiger partial charge on any atom is -0.512 e. The van der Waals surface area contributed by atoms with Crippen LogP contribution in [0.15, 0.2) is 16.3 Å². The Balaban J connectivity index is 2.95. The minimum absolute atomic E-state index is 0.0909. The van der Waals surface area contributed by atoms with E-state index < -0.39 is 0 Å². The van der Waals surface area contributed by atoms with E-state index in [4.69, 9.17) is 0 Å². The lowest BCUT2D eigenvalue weighted by Crippen LogP contribution is -2.16. The SMILES string of the molecule is CC(=O)/C(C1=NCCCC1)=C(/C)O. The molecule has 0 saturated carbocycles. The molecule has 1 heterocycles. The standard InChI is InChI=1S/C10H15NO2/c1-7(12)10(8(2)13)9-5-3-4-6-11-9/h12H,3-6H2,1-2H3/b10-7+. The van der Waals surface area contributed by atoms with Gasteiger partial charge in [0, 0.05) is 12.3 Å². The number of hydrogen-bond donors (Lipinski definition) is 1. The molecule has 1 aliphatic heterocycles. The van der Waals surface area contributed by atoms with Gasteiger partial charge in [0.1, 0.15) is 5.76 Å². The van der Waals surface area contributed by atoms with Crippen LogP contribution in [0.5, 0.6) is 0 Å². The number of aliphatic hydroxyl groups is 1. The molecule has 13 heavy (non-hydrogen) atoms. The normalized spacial score (nSPS) is 19.1. The molecule has 0 spiro atoms. The fourth-order valence-corrected chi connectivity index (χ4v) is 1.57. The number of aliphatic hydroxyl groups excluding tert-OH is 1. The Morgan fingerprint density at radius 2 is 2.08 bits per heavy atom. The van der Waals surface area contributed by atoms with Crippen molar-refractivity contribution in [1.29, 1.82) is 0 Å². The minimum atomic E-state index is -0.0966. The summed E-state index contributed by atoms with van der Waals surface area (Å²) in [7, 11) is 0. The molecule has 1 aliphatic rings. The molecule has 1 rings (SSSR count). The molecule has 0 bridgehead atoms. The maximum absolute atomic E-state index is 11.2. The molecule has 0 aromatic carbocycles. The molecule has 0 aromatic heterocycles. The highest BCUT2D eigenvalue weighted by atomic mass is 16.3. The van der Waals surface area contributed by atoms with Crippen molar-refractivity contribution >= 4 is 11.5 Å². The van der Waals surface area contributed by atoms with Gasteiger partial charge in [-0.1, -0.05) is 0 Å². The summed E-state index contributed by atoms with van der Waals surface area (Å²) in [5, 5.41) is 9.31. The molecule has 0 atom stereocenters. The van der Waals surface area contributed by atoms with Crippen LogP contribution >= 0.6 is 0 Å². The van der Waals surface area contributed by atoms with Gasteiger partial charge in [-0.3, -0.25) is 9.79 Å². The number of allylic oxidation sites excluding steroid dienone is 2. The second-order valence-electron chi connectivity index (χ2n) is 3.30. The fourth-order valence-electron chi connectivity index (χ4n) is 1.57. The Morgan fingerprint density at radius 1 is 1.38 bits per heavy atom. The van der Waals surface area contributed by atoms with Gasteiger partial charge in [-0.25, -0.2) is 0 Å². The molecule has 0 saturated heterocycles. The predicted molar refractivity (Wildman–Crippen MR) is 52.2 cm³/mol. The lowest BCUT2D eigenvalue weighted by Gasteiger charge is -2.13. The van der Waals surface area contributed by atoms with E-state index in [2.05, 4.69) is 4.99 Å². The molecular formula is C10H15NO2. The maximum atomic E-state index is 11.2. The molecule has 0 aromatic rings. The van der Waals surface area contributed by atoms with E-state index in [0.29, 0.717) is 5.57 Å². The molecule has 0 amide bonds. The second-order valence-corrected chi connectivity index (χ2v) is 3.30. The first-order valence-electron chi connectivity index (χ1n) is 4.57.